The Kier molecular flexibility index (Phi) is 5.45. The van der Waals surface area contributed by atoms with E-state index in [0.717, 1.165) is 37.0 Å². The average molecular weight is 443 g/mol. The number of ether oxygens (including phenoxy) is 3. The molecule has 5 aliphatic carbocycles. The lowest BCUT2D eigenvalue weighted by molar-refractivity contribution is -0.158. The SMILES string of the molecule is C=C(C)C(=O)OC1C2CC3C(=O)OC1C3C2.C=C(C)C(=O)OC1CC2CC1C1CCCC21. The van der Waals surface area contributed by atoms with Crippen molar-refractivity contribution in [3.05, 3.63) is 24.3 Å². The molecule has 0 spiro atoms. The summed E-state index contributed by atoms with van der Waals surface area (Å²) in [5.74, 6) is 3.31. The summed E-state index contributed by atoms with van der Waals surface area (Å²) in [6, 6.07) is 0. The lowest BCUT2D eigenvalue weighted by Gasteiger charge is -2.31. The van der Waals surface area contributed by atoms with E-state index in [1.165, 1.54) is 25.7 Å². The predicted molar refractivity (Wildman–Crippen MR) is 116 cm³/mol. The van der Waals surface area contributed by atoms with Crippen molar-refractivity contribution in [2.24, 2.45) is 41.4 Å². The van der Waals surface area contributed by atoms with Crippen LogP contribution in [-0.4, -0.2) is 36.2 Å². The summed E-state index contributed by atoms with van der Waals surface area (Å²) in [4.78, 5) is 34.5. The van der Waals surface area contributed by atoms with Crippen LogP contribution in [0.1, 0.15) is 58.8 Å². The van der Waals surface area contributed by atoms with Crippen LogP contribution in [0.4, 0.5) is 0 Å². The molecule has 0 N–H and O–H groups in total. The molecular formula is C26H34O6. The summed E-state index contributed by atoms with van der Waals surface area (Å²) in [5.41, 5.74) is 0.925. The molecule has 6 heteroatoms. The Morgan fingerprint density at radius 3 is 2.22 bits per heavy atom. The van der Waals surface area contributed by atoms with Gasteiger partial charge in [-0.25, -0.2) is 9.59 Å². The first-order chi connectivity index (χ1) is 15.2. The van der Waals surface area contributed by atoms with Crippen LogP contribution in [0.2, 0.25) is 0 Å². The molecule has 0 aromatic rings. The van der Waals surface area contributed by atoms with Crippen LogP contribution >= 0.6 is 0 Å². The molecule has 1 aliphatic heterocycles. The maximum absolute atomic E-state index is 11.5. The summed E-state index contributed by atoms with van der Waals surface area (Å²) in [6.45, 7) is 10.6. The van der Waals surface area contributed by atoms with Crippen molar-refractivity contribution in [1.82, 2.24) is 0 Å². The molecule has 6 rings (SSSR count). The zero-order chi connectivity index (χ0) is 22.7. The molecule has 1 heterocycles. The summed E-state index contributed by atoms with van der Waals surface area (Å²) in [7, 11) is 0. The third-order valence-corrected chi connectivity index (χ3v) is 8.98. The monoisotopic (exact) mass is 442 g/mol. The number of hydrogen-bond acceptors (Lipinski definition) is 6. The molecule has 10 atom stereocenters. The highest BCUT2D eigenvalue weighted by Gasteiger charge is 2.63. The van der Waals surface area contributed by atoms with Crippen molar-refractivity contribution < 1.29 is 28.6 Å². The molecule has 32 heavy (non-hydrogen) atoms. The van der Waals surface area contributed by atoms with Crippen LogP contribution in [0.5, 0.6) is 0 Å². The number of carbonyl (C=O) groups excluding carboxylic acids is 3. The van der Waals surface area contributed by atoms with Crippen LogP contribution in [0.25, 0.3) is 0 Å². The largest absolute Gasteiger partial charge is 0.459 e. The van der Waals surface area contributed by atoms with Gasteiger partial charge in [0, 0.05) is 23.0 Å². The van der Waals surface area contributed by atoms with Gasteiger partial charge in [0.2, 0.25) is 0 Å². The summed E-state index contributed by atoms with van der Waals surface area (Å²) in [6.07, 6.45) is 8.14. The molecule has 10 unspecified atom stereocenters. The van der Waals surface area contributed by atoms with Gasteiger partial charge in [0.25, 0.3) is 0 Å². The van der Waals surface area contributed by atoms with E-state index in [9.17, 15) is 14.4 Å². The van der Waals surface area contributed by atoms with E-state index < -0.39 is 0 Å². The highest BCUT2D eigenvalue weighted by atomic mass is 16.6. The number of esters is 3. The molecule has 0 radical (unpaired) electrons. The fourth-order valence-corrected chi connectivity index (χ4v) is 7.67. The first-order valence-corrected chi connectivity index (χ1v) is 12.2. The van der Waals surface area contributed by atoms with Crippen LogP contribution in [0.3, 0.4) is 0 Å². The van der Waals surface area contributed by atoms with E-state index in [2.05, 4.69) is 13.2 Å². The standard InChI is InChI=1S/C14H20O2.C12H14O4/c1-8(2)14(15)16-13-7-9-6-12(13)11-5-3-4-10(9)11;1-5(2)11(13)15-9-6-3-7-8(4-6)12(14)16-10(7)9/h9-13H,1,3-7H2,2H3;6-10H,1,3-4H2,2H3. The molecule has 0 amide bonds. The van der Waals surface area contributed by atoms with Gasteiger partial charge in [0.1, 0.15) is 18.3 Å². The zero-order valence-electron chi connectivity index (χ0n) is 19.1. The minimum absolute atomic E-state index is 0.0646. The van der Waals surface area contributed by atoms with Crippen LogP contribution in [-0.2, 0) is 28.6 Å². The lowest BCUT2D eigenvalue weighted by atomic mass is 9.80. The van der Waals surface area contributed by atoms with E-state index in [1.54, 1.807) is 13.8 Å². The topological polar surface area (TPSA) is 78.9 Å². The van der Waals surface area contributed by atoms with Crippen LogP contribution in [0, 0.1) is 41.4 Å². The molecule has 6 fully saturated rings. The van der Waals surface area contributed by atoms with Gasteiger partial charge in [-0.3, -0.25) is 4.79 Å². The van der Waals surface area contributed by atoms with Gasteiger partial charge in [-0.1, -0.05) is 19.6 Å². The van der Waals surface area contributed by atoms with Crippen molar-refractivity contribution in [1.29, 1.82) is 0 Å². The molecule has 174 valence electrons. The van der Waals surface area contributed by atoms with Crippen molar-refractivity contribution in [3.63, 3.8) is 0 Å². The third kappa shape index (κ3) is 3.50. The predicted octanol–water partition coefficient (Wildman–Crippen LogP) is 3.99. The fourth-order valence-electron chi connectivity index (χ4n) is 7.67. The number of rotatable bonds is 4. The molecule has 1 saturated heterocycles. The van der Waals surface area contributed by atoms with Crippen LogP contribution in [0.15, 0.2) is 24.3 Å². The van der Waals surface area contributed by atoms with Gasteiger partial charge in [0.05, 0.1) is 5.92 Å². The van der Waals surface area contributed by atoms with Gasteiger partial charge in [-0.15, -0.1) is 0 Å². The van der Waals surface area contributed by atoms with Crippen molar-refractivity contribution in [2.45, 2.75) is 77.1 Å². The van der Waals surface area contributed by atoms with E-state index in [-0.39, 0.29) is 48.1 Å². The van der Waals surface area contributed by atoms with Crippen molar-refractivity contribution >= 4 is 17.9 Å². The second-order valence-corrected chi connectivity index (χ2v) is 10.9. The first kappa shape index (κ1) is 21.7. The van der Waals surface area contributed by atoms with Crippen LogP contribution < -0.4 is 0 Å². The van der Waals surface area contributed by atoms with E-state index in [0.29, 0.717) is 23.0 Å². The van der Waals surface area contributed by atoms with Gasteiger partial charge >= 0.3 is 17.9 Å². The molecule has 6 aliphatic rings. The third-order valence-electron chi connectivity index (χ3n) is 8.98. The Morgan fingerprint density at radius 2 is 1.50 bits per heavy atom. The van der Waals surface area contributed by atoms with E-state index in [4.69, 9.17) is 14.2 Å². The minimum Gasteiger partial charge on any atom is -0.459 e. The van der Waals surface area contributed by atoms with Crippen molar-refractivity contribution in [3.8, 4) is 0 Å². The number of carbonyl (C=O) groups is 3. The second-order valence-electron chi connectivity index (χ2n) is 10.9. The maximum atomic E-state index is 11.5. The van der Waals surface area contributed by atoms with Gasteiger partial charge in [-0.05, 0) is 76.0 Å². The highest BCUT2D eigenvalue weighted by Crippen LogP contribution is 2.59. The normalized spacial score (nSPS) is 43.9. The Morgan fingerprint density at radius 1 is 0.844 bits per heavy atom. The smallest absolute Gasteiger partial charge is 0.333 e. The van der Waals surface area contributed by atoms with E-state index >= 15 is 0 Å². The van der Waals surface area contributed by atoms with Gasteiger partial charge < -0.3 is 14.2 Å². The molecule has 0 aromatic carbocycles. The summed E-state index contributed by atoms with van der Waals surface area (Å²) < 4.78 is 16.2. The number of fused-ring (bicyclic) bond motifs is 6. The quantitative estimate of drug-likeness (QED) is 0.372. The average Bonchev–Trinajstić information content (AvgIpc) is 3.53. The van der Waals surface area contributed by atoms with Gasteiger partial charge in [-0.2, -0.15) is 0 Å². The molecular weight excluding hydrogens is 408 g/mol. The van der Waals surface area contributed by atoms with Crippen molar-refractivity contribution in [2.75, 3.05) is 0 Å². The zero-order valence-corrected chi connectivity index (χ0v) is 19.1. The summed E-state index contributed by atoms with van der Waals surface area (Å²) >= 11 is 0. The maximum Gasteiger partial charge on any atom is 0.333 e. The molecule has 0 aromatic heterocycles. The molecule has 4 bridgehead atoms. The first-order valence-electron chi connectivity index (χ1n) is 12.2. The molecule has 5 saturated carbocycles. The Hall–Kier alpha value is -2.11. The summed E-state index contributed by atoms with van der Waals surface area (Å²) in [5, 5.41) is 0. The number of hydrogen-bond donors (Lipinski definition) is 0. The molecule has 6 nitrogen and oxygen atoms in total. The Balaban J connectivity index is 0.000000135. The fraction of sp³-hybridized carbons (Fsp3) is 0.731. The highest BCUT2D eigenvalue weighted by molar-refractivity contribution is 5.87. The van der Waals surface area contributed by atoms with Gasteiger partial charge in [0.15, 0.2) is 0 Å². The Labute approximate surface area is 189 Å². The minimum atomic E-state index is -0.378. The Bertz CT molecular complexity index is 860. The second kappa shape index (κ2) is 8.03. The lowest BCUT2D eigenvalue weighted by Crippen LogP contribution is -2.36. The van der Waals surface area contributed by atoms with E-state index in [1.807, 2.05) is 0 Å².